The second-order valence-corrected chi connectivity index (χ2v) is 7.35. The van der Waals surface area contributed by atoms with Crippen LogP contribution in [0.4, 0.5) is 4.79 Å². The zero-order valence-corrected chi connectivity index (χ0v) is 15.5. The molecule has 140 valence electrons. The van der Waals surface area contributed by atoms with Crippen molar-refractivity contribution in [2.45, 2.75) is 70.5 Å². The SMILES string of the molecule is CCCCCCN1C(N2CCCCCC2)=NC2C1C(=O)NC(=O)N2C. The number of nitrogens with zero attached hydrogens (tertiary/aromatic N) is 4. The number of unbranched alkanes of at least 4 members (excludes halogenated alkanes) is 3. The number of imide groups is 1. The molecule has 0 spiro atoms. The van der Waals surface area contributed by atoms with Crippen molar-refractivity contribution in [3.63, 3.8) is 0 Å². The van der Waals surface area contributed by atoms with Crippen molar-refractivity contribution in [1.82, 2.24) is 20.0 Å². The van der Waals surface area contributed by atoms with Crippen molar-refractivity contribution >= 4 is 17.9 Å². The van der Waals surface area contributed by atoms with Crippen molar-refractivity contribution in [1.29, 1.82) is 0 Å². The molecule has 0 radical (unpaired) electrons. The lowest BCUT2D eigenvalue weighted by molar-refractivity contribution is -0.127. The summed E-state index contributed by atoms with van der Waals surface area (Å²) in [6.07, 6.45) is 9.06. The molecule has 7 heteroatoms. The Balaban J connectivity index is 1.80. The lowest BCUT2D eigenvalue weighted by Crippen LogP contribution is -2.64. The number of amides is 3. The Bertz CT molecular complexity index is 528. The van der Waals surface area contributed by atoms with E-state index < -0.39 is 6.17 Å². The number of urea groups is 1. The van der Waals surface area contributed by atoms with Gasteiger partial charge < -0.3 is 14.7 Å². The summed E-state index contributed by atoms with van der Waals surface area (Å²) in [5, 5.41) is 2.48. The Morgan fingerprint density at radius 2 is 1.80 bits per heavy atom. The van der Waals surface area contributed by atoms with Gasteiger partial charge >= 0.3 is 6.03 Å². The lowest BCUT2D eigenvalue weighted by Gasteiger charge is -2.37. The van der Waals surface area contributed by atoms with Crippen molar-refractivity contribution < 1.29 is 9.59 Å². The minimum Gasteiger partial charge on any atom is -0.343 e. The first-order chi connectivity index (χ1) is 12.1. The van der Waals surface area contributed by atoms with Crippen molar-refractivity contribution in [2.75, 3.05) is 26.7 Å². The number of rotatable bonds is 5. The van der Waals surface area contributed by atoms with E-state index in [1.807, 2.05) is 0 Å². The number of nitrogens with one attached hydrogen (secondary N) is 1. The standard InChI is InChI=1S/C18H31N5O2/c1-3-4-5-10-13-23-14-15(21(2)18(25)20-16(14)24)19-17(23)22-11-8-6-7-9-12-22/h14-15H,3-13H2,1-2H3,(H,20,24,25). The first-order valence-corrected chi connectivity index (χ1v) is 9.80. The van der Waals surface area contributed by atoms with Gasteiger partial charge in [0.1, 0.15) is 0 Å². The predicted octanol–water partition coefficient (Wildman–Crippen LogP) is 1.99. The number of likely N-dealkylation sites (N-methyl/N-ethyl adjacent to an activating group) is 1. The molecule has 1 N–H and O–H groups in total. The van der Waals surface area contributed by atoms with Crippen LogP contribution in [0.15, 0.2) is 4.99 Å². The zero-order chi connectivity index (χ0) is 17.8. The highest BCUT2D eigenvalue weighted by molar-refractivity contribution is 6.03. The molecule has 3 aliphatic rings. The third-order valence-electron chi connectivity index (χ3n) is 5.48. The van der Waals surface area contributed by atoms with Crippen LogP contribution in [0.3, 0.4) is 0 Å². The largest absolute Gasteiger partial charge is 0.343 e. The summed E-state index contributed by atoms with van der Waals surface area (Å²) in [5.74, 6) is 0.710. The number of aliphatic imine (C=N–C) groups is 1. The van der Waals surface area contributed by atoms with Crippen LogP contribution in [0, 0.1) is 0 Å². The third-order valence-corrected chi connectivity index (χ3v) is 5.48. The van der Waals surface area contributed by atoms with Crippen LogP contribution >= 0.6 is 0 Å². The van der Waals surface area contributed by atoms with Crippen LogP contribution < -0.4 is 5.32 Å². The van der Waals surface area contributed by atoms with E-state index in [9.17, 15) is 9.59 Å². The molecule has 0 saturated carbocycles. The maximum Gasteiger partial charge on any atom is 0.325 e. The fourth-order valence-electron chi connectivity index (χ4n) is 3.99. The number of hydrogen-bond donors (Lipinski definition) is 1. The van der Waals surface area contributed by atoms with Crippen LogP contribution in [0.1, 0.15) is 58.3 Å². The summed E-state index contributed by atoms with van der Waals surface area (Å²) >= 11 is 0. The highest BCUT2D eigenvalue weighted by atomic mass is 16.2. The van der Waals surface area contributed by atoms with E-state index in [1.165, 1.54) is 38.5 Å². The molecule has 0 aromatic rings. The van der Waals surface area contributed by atoms with Gasteiger partial charge in [-0.1, -0.05) is 39.0 Å². The van der Waals surface area contributed by atoms with Crippen LogP contribution in [-0.4, -0.2) is 71.5 Å². The summed E-state index contributed by atoms with van der Waals surface area (Å²) in [5.41, 5.74) is 0. The summed E-state index contributed by atoms with van der Waals surface area (Å²) < 4.78 is 0. The van der Waals surface area contributed by atoms with Gasteiger partial charge in [-0.05, 0) is 19.3 Å². The van der Waals surface area contributed by atoms with Crippen LogP contribution in [0.2, 0.25) is 0 Å². The Morgan fingerprint density at radius 1 is 1.08 bits per heavy atom. The van der Waals surface area contributed by atoms with E-state index in [1.54, 1.807) is 11.9 Å². The topological polar surface area (TPSA) is 68.2 Å². The lowest BCUT2D eigenvalue weighted by atomic mass is 10.1. The second kappa shape index (κ2) is 8.06. The summed E-state index contributed by atoms with van der Waals surface area (Å²) in [6, 6.07) is -0.736. The van der Waals surface area contributed by atoms with Gasteiger partial charge in [0.2, 0.25) is 0 Å². The molecule has 2 saturated heterocycles. The third kappa shape index (κ3) is 3.75. The van der Waals surface area contributed by atoms with E-state index in [2.05, 4.69) is 22.0 Å². The smallest absolute Gasteiger partial charge is 0.325 e. The maximum atomic E-state index is 12.5. The first-order valence-electron chi connectivity index (χ1n) is 9.80. The molecule has 2 fully saturated rings. The Hall–Kier alpha value is -1.79. The number of carbonyl (C=O) groups is 2. The summed E-state index contributed by atoms with van der Waals surface area (Å²) in [6.45, 7) is 5.00. The Morgan fingerprint density at radius 3 is 2.48 bits per heavy atom. The number of likely N-dealkylation sites (tertiary alicyclic amines) is 1. The number of fused-ring (bicyclic) bond motifs is 1. The van der Waals surface area contributed by atoms with Crippen LogP contribution in [0.25, 0.3) is 0 Å². The molecular formula is C18H31N5O2. The average molecular weight is 349 g/mol. The van der Waals surface area contributed by atoms with Gasteiger partial charge in [-0.15, -0.1) is 0 Å². The van der Waals surface area contributed by atoms with Gasteiger partial charge in [0.25, 0.3) is 5.91 Å². The molecule has 7 nitrogen and oxygen atoms in total. The maximum absolute atomic E-state index is 12.5. The molecule has 3 amide bonds. The minimum absolute atomic E-state index is 0.211. The highest BCUT2D eigenvalue weighted by Gasteiger charge is 2.49. The molecule has 0 aromatic carbocycles. The van der Waals surface area contributed by atoms with Crippen molar-refractivity contribution in [2.24, 2.45) is 4.99 Å². The molecule has 3 aliphatic heterocycles. The summed E-state index contributed by atoms with van der Waals surface area (Å²) in [7, 11) is 1.73. The molecule has 2 unspecified atom stereocenters. The number of carbonyl (C=O) groups excluding carboxylic acids is 2. The summed E-state index contributed by atoms with van der Waals surface area (Å²) in [4.78, 5) is 35.4. The molecule has 0 aliphatic carbocycles. The number of guanidine groups is 1. The van der Waals surface area contributed by atoms with Gasteiger partial charge in [0, 0.05) is 26.7 Å². The van der Waals surface area contributed by atoms with Gasteiger partial charge in [0.05, 0.1) is 0 Å². The minimum atomic E-state index is -0.398. The molecule has 2 atom stereocenters. The number of hydrogen-bond acceptors (Lipinski definition) is 5. The molecular weight excluding hydrogens is 318 g/mol. The molecule has 3 rings (SSSR count). The molecule has 0 bridgehead atoms. The van der Waals surface area contributed by atoms with E-state index >= 15 is 0 Å². The van der Waals surface area contributed by atoms with E-state index in [0.717, 1.165) is 38.4 Å². The Kier molecular flexibility index (Phi) is 5.81. The molecule has 0 aromatic heterocycles. The van der Waals surface area contributed by atoms with E-state index in [4.69, 9.17) is 4.99 Å². The monoisotopic (exact) mass is 349 g/mol. The first kappa shape index (κ1) is 18.0. The highest BCUT2D eigenvalue weighted by Crippen LogP contribution is 2.27. The van der Waals surface area contributed by atoms with E-state index in [-0.39, 0.29) is 18.0 Å². The average Bonchev–Trinajstić information content (AvgIpc) is 2.78. The predicted molar refractivity (Wildman–Crippen MR) is 97.2 cm³/mol. The molecule has 3 heterocycles. The quantitative estimate of drug-likeness (QED) is 0.771. The van der Waals surface area contributed by atoms with Crippen LogP contribution in [-0.2, 0) is 4.79 Å². The van der Waals surface area contributed by atoms with Gasteiger partial charge in [-0.25, -0.2) is 9.79 Å². The van der Waals surface area contributed by atoms with Crippen molar-refractivity contribution in [3.05, 3.63) is 0 Å². The van der Waals surface area contributed by atoms with Gasteiger partial charge in [0.15, 0.2) is 18.2 Å². The molecule has 25 heavy (non-hydrogen) atoms. The van der Waals surface area contributed by atoms with Crippen molar-refractivity contribution in [3.8, 4) is 0 Å². The second-order valence-electron chi connectivity index (χ2n) is 7.35. The fraction of sp³-hybridized carbons (Fsp3) is 0.833. The normalized spacial score (nSPS) is 27.1. The van der Waals surface area contributed by atoms with Crippen LogP contribution in [0.5, 0.6) is 0 Å². The van der Waals surface area contributed by atoms with Gasteiger partial charge in [-0.2, -0.15) is 0 Å². The van der Waals surface area contributed by atoms with Gasteiger partial charge in [-0.3, -0.25) is 10.1 Å². The Labute approximate surface area is 150 Å². The fourth-order valence-corrected chi connectivity index (χ4v) is 3.99. The van der Waals surface area contributed by atoms with E-state index in [0.29, 0.717) is 0 Å². The zero-order valence-electron chi connectivity index (χ0n) is 15.5.